The maximum Gasteiger partial charge on any atom is 0.217 e. The summed E-state index contributed by atoms with van der Waals surface area (Å²) in [5, 5.41) is 12.8. The summed E-state index contributed by atoms with van der Waals surface area (Å²) in [5.74, 6) is 0.430. The van der Waals surface area contributed by atoms with Gasteiger partial charge < -0.3 is 10.8 Å². The van der Waals surface area contributed by atoms with Crippen LogP contribution in [-0.4, -0.2) is 23.8 Å². The van der Waals surface area contributed by atoms with Gasteiger partial charge in [-0.1, -0.05) is 19.3 Å². The highest BCUT2D eigenvalue weighted by atomic mass is 16.3. The first-order chi connectivity index (χ1) is 7.68. The molecule has 1 amide bonds. The topological polar surface area (TPSA) is 75.4 Å². The number of aliphatic hydroxyl groups excluding tert-OH is 1. The van der Waals surface area contributed by atoms with Crippen molar-refractivity contribution >= 4 is 5.91 Å². The van der Waals surface area contributed by atoms with Gasteiger partial charge in [-0.15, -0.1) is 0 Å². The van der Waals surface area contributed by atoms with E-state index in [1.54, 1.807) is 0 Å². The quantitative estimate of drug-likeness (QED) is 0.572. The van der Waals surface area contributed by atoms with Gasteiger partial charge in [0.25, 0.3) is 0 Å². The Morgan fingerprint density at radius 1 is 1.38 bits per heavy atom. The molecular weight excluding hydrogens is 204 g/mol. The van der Waals surface area contributed by atoms with Gasteiger partial charge in [0.15, 0.2) is 0 Å². The summed E-state index contributed by atoms with van der Waals surface area (Å²) < 4.78 is 0. The molecule has 0 radical (unpaired) electrons. The normalized spacial score (nSPS) is 19.6. The lowest BCUT2D eigenvalue weighted by Crippen LogP contribution is -2.34. The van der Waals surface area contributed by atoms with Crippen LogP contribution in [0.4, 0.5) is 0 Å². The average Bonchev–Trinajstić information content (AvgIpc) is 2.27. The molecule has 0 bridgehead atoms. The second-order valence-electron chi connectivity index (χ2n) is 4.79. The number of amides is 1. The van der Waals surface area contributed by atoms with Crippen molar-refractivity contribution in [1.82, 2.24) is 5.32 Å². The van der Waals surface area contributed by atoms with E-state index in [0.717, 1.165) is 12.5 Å². The summed E-state index contributed by atoms with van der Waals surface area (Å²) in [6.07, 6.45) is 7.71. The van der Waals surface area contributed by atoms with E-state index in [1.807, 2.05) is 0 Å². The molecular formula is C12H24N2O2. The van der Waals surface area contributed by atoms with Crippen molar-refractivity contribution < 1.29 is 9.90 Å². The van der Waals surface area contributed by atoms with Gasteiger partial charge in [0.1, 0.15) is 6.23 Å². The SMILES string of the molecule is NC(=O)CCCC(O)NCC1CCCCC1. The third-order valence-corrected chi connectivity index (χ3v) is 3.27. The summed E-state index contributed by atoms with van der Waals surface area (Å²) >= 11 is 0. The van der Waals surface area contributed by atoms with Crippen molar-refractivity contribution in [3.8, 4) is 0 Å². The van der Waals surface area contributed by atoms with Crippen molar-refractivity contribution in [2.45, 2.75) is 57.6 Å². The standard InChI is InChI=1S/C12H24N2O2/c13-11(15)7-4-8-12(16)14-9-10-5-2-1-3-6-10/h10,12,14,16H,1-9H2,(H2,13,15). The van der Waals surface area contributed by atoms with Crippen LogP contribution in [0.2, 0.25) is 0 Å². The molecule has 0 aliphatic heterocycles. The summed E-state index contributed by atoms with van der Waals surface area (Å²) in [4.78, 5) is 10.5. The number of primary amides is 1. The smallest absolute Gasteiger partial charge is 0.217 e. The molecule has 94 valence electrons. The van der Waals surface area contributed by atoms with Crippen LogP contribution in [0.3, 0.4) is 0 Å². The Labute approximate surface area is 97.6 Å². The van der Waals surface area contributed by atoms with Gasteiger partial charge in [-0.2, -0.15) is 0 Å². The molecule has 4 N–H and O–H groups in total. The van der Waals surface area contributed by atoms with Gasteiger partial charge in [0.05, 0.1) is 0 Å². The second-order valence-corrected chi connectivity index (χ2v) is 4.79. The van der Waals surface area contributed by atoms with Crippen molar-refractivity contribution in [3.05, 3.63) is 0 Å². The summed E-state index contributed by atoms with van der Waals surface area (Å²) in [6, 6.07) is 0. The van der Waals surface area contributed by atoms with E-state index in [1.165, 1.54) is 32.1 Å². The second kappa shape index (κ2) is 7.63. The van der Waals surface area contributed by atoms with Crippen LogP contribution in [-0.2, 0) is 4.79 Å². The molecule has 1 unspecified atom stereocenters. The Bertz CT molecular complexity index is 203. The Morgan fingerprint density at radius 3 is 2.69 bits per heavy atom. The largest absolute Gasteiger partial charge is 0.379 e. The van der Waals surface area contributed by atoms with Crippen molar-refractivity contribution in [3.63, 3.8) is 0 Å². The van der Waals surface area contributed by atoms with E-state index in [4.69, 9.17) is 5.73 Å². The first-order valence-corrected chi connectivity index (χ1v) is 6.38. The molecule has 4 nitrogen and oxygen atoms in total. The van der Waals surface area contributed by atoms with E-state index in [9.17, 15) is 9.90 Å². The van der Waals surface area contributed by atoms with Gasteiger partial charge in [-0.25, -0.2) is 0 Å². The maximum atomic E-state index is 10.5. The Balaban J connectivity index is 2.00. The lowest BCUT2D eigenvalue weighted by Gasteiger charge is -2.23. The van der Waals surface area contributed by atoms with E-state index >= 15 is 0 Å². The first kappa shape index (κ1) is 13.5. The predicted octanol–water partition coefficient (Wildman–Crippen LogP) is 1.13. The van der Waals surface area contributed by atoms with E-state index in [0.29, 0.717) is 19.3 Å². The zero-order chi connectivity index (χ0) is 11.8. The van der Waals surface area contributed by atoms with Gasteiger partial charge >= 0.3 is 0 Å². The van der Waals surface area contributed by atoms with Crippen molar-refractivity contribution in [2.24, 2.45) is 11.7 Å². The molecule has 0 aromatic heterocycles. The highest BCUT2D eigenvalue weighted by Gasteiger charge is 2.14. The van der Waals surface area contributed by atoms with Crippen LogP contribution in [0.25, 0.3) is 0 Å². The first-order valence-electron chi connectivity index (χ1n) is 6.38. The van der Waals surface area contributed by atoms with E-state index in [2.05, 4.69) is 5.32 Å². The highest BCUT2D eigenvalue weighted by molar-refractivity contribution is 5.73. The highest BCUT2D eigenvalue weighted by Crippen LogP contribution is 2.22. The van der Waals surface area contributed by atoms with Gasteiger partial charge in [-0.05, 0) is 31.6 Å². The van der Waals surface area contributed by atoms with Crippen LogP contribution in [0.1, 0.15) is 51.4 Å². The summed E-state index contributed by atoms with van der Waals surface area (Å²) in [6.45, 7) is 0.901. The van der Waals surface area contributed by atoms with Crippen LogP contribution in [0.5, 0.6) is 0 Å². The minimum absolute atomic E-state index is 0.292. The number of hydrogen-bond acceptors (Lipinski definition) is 3. The lowest BCUT2D eigenvalue weighted by molar-refractivity contribution is -0.118. The predicted molar refractivity (Wildman–Crippen MR) is 63.6 cm³/mol. The molecule has 16 heavy (non-hydrogen) atoms. The third kappa shape index (κ3) is 6.08. The fraction of sp³-hybridized carbons (Fsp3) is 0.917. The molecule has 1 aliphatic rings. The lowest BCUT2D eigenvalue weighted by atomic mass is 9.89. The monoisotopic (exact) mass is 228 g/mol. The van der Waals surface area contributed by atoms with Crippen molar-refractivity contribution in [2.75, 3.05) is 6.54 Å². The van der Waals surface area contributed by atoms with Crippen LogP contribution in [0.15, 0.2) is 0 Å². The van der Waals surface area contributed by atoms with Gasteiger partial charge in [0.2, 0.25) is 5.91 Å². The molecule has 0 aromatic carbocycles. The fourth-order valence-electron chi connectivity index (χ4n) is 2.27. The van der Waals surface area contributed by atoms with Crippen LogP contribution >= 0.6 is 0 Å². The molecule has 1 atom stereocenters. The maximum absolute atomic E-state index is 10.5. The Morgan fingerprint density at radius 2 is 2.06 bits per heavy atom. The summed E-state index contributed by atoms with van der Waals surface area (Å²) in [5.41, 5.74) is 5.03. The number of carbonyl (C=O) groups is 1. The number of aliphatic hydroxyl groups is 1. The molecule has 0 aromatic rings. The number of nitrogens with two attached hydrogens (primary N) is 1. The minimum atomic E-state index is -0.485. The van der Waals surface area contributed by atoms with E-state index < -0.39 is 6.23 Å². The van der Waals surface area contributed by atoms with Crippen molar-refractivity contribution in [1.29, 1.82) is 0 Å². The number of rotatable bonds is 7. The fourth-order valence-corrected chi connectivity index (χ4v) is 2.27. The number of carbonyl (C=O) groups excluding carboxylic acids is 1. The van der Waals surface area contributed by atoms with Crippen LogP contribution < -0.4 is 11.1 Å². The molecule has 1 rings (SSSR count). The molecule has 0 saturated heterocycles. The summed E-state index contributed by atoms with van der Waals surface area (Å²) in [7, 11) is 0. The van der Waals surface area contributed by atoms with Gasteiger partial charge in [0, 0.05) is 13.0 Å². The molecule has 4 heteroatoms. The molecule has 1 saturated carbocycles. The number of nitrogens with one attached hydrogen (secondary N) is 1. The third-order valence-electron chi connectivity index (χ3n) is 3.27. The Hall–Kier alpha value is -0.610. The van der Waals surface area contributed by atoms with Crippen LogP contribution in [0, 0.1) is 5.92 Å². The van der Waals surface area contributed by atoms with Gasteiger partial charge in [-0.3, -0.25) is 10.1 Å². The molecule has 1 fully saturated rings. The minimum Gasteiger partial charge on any atom is -0.379 e. The molecule has 0 heterocycles. The molecule has 1 aliphatic carbocycles. The zero-order valence-corrected chi connectivity index (χ0v) is 9.95. The zero-order valence-electron chi connectivity index (χ0n) is 9.95. The average molecular weight is 228 g/mol. The molecule has 0 spiro atoms. The number of hydrogen-bond donors (Lipinski definition) is 3. The van der Waals surface area contributed by atoms with E-state index in [-0.39, 0.29) is 5.91 Å². The Kier molecular flexibility index (Phi) is 6.42.